The average Bonchev–Trinajstić information content (AvgIpc) is 2.44. The first-order valence-corrected chi connectivity index (χ1v) is 8.15. The van der Waals surface area contributed by atoms with Gasteiger partial charge in [0.25, 0.3) is 0 Å². The van der Waals surface area contributed by atoms with Crippen molar-refractivity contribution in [3.8, 4) is 0 Å². The second kappa shape index (κ2) is 9.14. The molecule has 0 fully saturated rings. The zero-order valence-electron chi connectivity index (χ0n) is 13.2. The van der Waals surface area contributed by atoms with Gasteiger partial charge >= 0.3 is 0 Å². The van der Waals surface area contributed by atoms with Crippen LogP contribution < -0.4 is 0 Å². The van der Waals surface area contributed by atoms with Crippen LogP contribution in [0.1, 0.15) is 58.4 Å². The lowest BCUT2D eigenvalue weighted by Crippen LogP contribution is -2.49. The van der Waals surface area contributed by atoms with Crippen molar-refractivity contribution in [2.45, 2.75) is 59.4 Å². The molecule has 0 amide bonds. The summed E-state index contributed by atoms with van der Waals surface area (Å²) in [6.45, 7) is 12.2. The van der Waals surface area contributed by atoms with Crippen LogP contribution in [0.5, 0.6) is 0 Å². The third-order valence-electron chi connectivity index (χ3n) is 4.03. The molecule has 1 aromatic rings. The molecule has 0 aliphatic heterocycles. The number of rotatable bonds is 10. The summed E-state index contributed by atoms with van der Waals surface area (Å²) in [5.41, 5.74) is 1.50. The lowest BCUT2D eigenvalue weighted by molar-refractivity contribution is -0.941. The van der Waals surface area contributed by atoms with Crippen molar-refractivity contribution in [3.63, 3.8) is 0 Å². The SMILES string of the molecule is CCCC[N+](CCC)(CCCC)Cc1ccccc1. The third-order valence-corrected chi connectivity index (χ3v) is 4.03. The van der Waals surface area contributed by atoms with Crippen LogP contribution in [0.15, 0.2) is 30.3 Å². The van der Waals surface area contributed by atoms with Crippen LogP contribution in [0.4, 0.5) is 0 Å². The fraction of sp³-hybridized carbons (Fsp3) is 0.667. The van der Waals surface area contributed by atoms with Gasteiger partial charge in [0.15, 0.2) is 0 Å². The normalized spacial score (nSPS) is 11.7. The second-order valence-electron chi connectivity index (χ2n) is 5.86. The lowest BCUT2D eigenvalue weighted by Gasteiger charge is -2.39. The fourth-order valence-corrected chi connectivity index (χ4v) is 3.00. The maximum Gasteiger partial charge on any atom is 0.104 e. The molecule has 0 spiro atoms. The van der Waals surface area contributed by atoms with Gasteiger partial charge in [0.1, 0.15) is 6.54 Å². The van der Waals surface area contributed by atoms with Crippen molar-refractivity contribution >= 4 is 0 Å². The number of unbranched alkanes of at least 4 members (excludes halogenated alkanes) is 2. The van der Waals surface area contributed by atoms with Gasteiger partial charge in [0.05, 0.1) is 19.6 Å². The summed E-state index contributed by atoms with van der Waals surface area (Å²) in [5, 5.41) is 0. The Morgan fingerprint density at radius 2 is 1.32 bits per heavy atom. The van der Waals surface area contributed by atoms with Crippen molar-refractivity contribution < 1.29 is 4.48 Å². The number of benzene rings is 1. The predicted octanol–water partition coefficient (Wildman–Crippen LogP) is 5.01. The van der Waals surface area contributed by atoms with E-state index in [0.717, 1.165) is 0 Å². The third kappa shape index (κ3) is 5.78. The number of hydrogen-bond donors (Lipinski definition) is 0. The number of hydrogen-bond acceptors (Lipinski definition) is 0. The largest absolute Gasteiger partial charge is 0.320 e. The molecular formula is C18H32N+. The molecule has 0 saturated carbocycles. The van der Waals surface area contributed by atoms with Crippen molar-refractivity contribution in [2.75, 3.05) is 19.6 Å². The van der Waals surface area contributed by atoms with E-state index >= 15 is 0 Å². The summed E-state index contributed by atoms with van der Waals surface area (Å²) in [7, 11) is 0. The molecular weight excluding hydrogens is 230 g/mol. The Bertz CT molecular complexity index is 310. The molecule has 0 saturated heterocycles. The van der Waals surface area contributed by atoms with E-state index in [-0.39, 0.29) is 0 Å². The Kier molecular flexibility index (Phi) is 7.81. The van der Waals surface area contributed by atoms with Crippen LogP contribution in [0, 0.1) is 0 Å². The molecule has 0 aliphatic carbocycles. The van der Waals surface area contributed by atoms with Crippen LogP contribution in [0.25, 0.3) is 0 Å². The Labute approximate surface area is 120 Å². The highest BCUT2D eigenvalue weighted by atomic mass is 15.3. The molecule has 0 radical (unpaired) electrons. The maximum absolute atomic E-state index is 2.33. The second-order valence-corrected chi connectivity index (χ2v) is 5.86. The molecule has 0 atom stereocenters. The van der Waals surface area contributed by atoms with Crippen LogP contribution in [0.2, 0.25) is 0 Å². The minimum atomic E-state index is 1.22. The van der Waals surface area contributed by atoms with E-state index in [9.17, 15) is 0 Å². The summed E-state index contributed by atoms with van der Waals surface area (Å²) in [4.78, 5) is 0. The predicted molar refractivity (Wildman–Crippen MR) is 85.1 cm³/mol. The molecule has 0 bridgehead atoms. The molecule has 19 heavy (non-hydrogen) atoms. The molecule has 1 nitrogen and oxygen atoms in total. The van der Waals surface area contributed by atoms with Gasteiger partial charge in [-0.2, -0.15) is 0 Å². The van der Waals surface area contributed by atoms with E-state index in [1.165, 1.54) is 68.3 Å². The Morgan fingerprint density at radius 3 is 1.79 bits per heavy atom. The van der Waals surface area contributed by atoms with Crippen LogP contribution in [-0.4, -0.2) is 24.1 Å². The maximum atomic E-state index is 2.33. The van der Waals surface area contributed by atoms with E-state index in [2.05, 4.69) is 51.1 Å². The van der Waals surface area contributed by atoms with Gasteiger partial charge < -0.3 is 4.48 Å². The van der Waals surface area contributed by atoms with Gasteiger partial charge in [-0.1, -0.05) is 63.9 Å². The van der Waals surface area contributed by atoms with Gasteiger partial charge in [0.2, 0.25) is 0 Å². The molecule has 1 aromatic carbocycles. The summed E-state index contributed by atoms with van der Waals surface area (Å²) >= 11 is 0. The first kappa shape index (κ1) is 16.2. The van der Waals surface area contributed by atoms with E-state index < -0.39 is 0 Å². The van der Waals surface area contributed by atoms with E-state index in [1.807, 2.05) is 0 Å². The van der Waals surface area contributed by atoms with Crippen molar-refractivity contribution in [1.82, 2.24) is 0 Å². The summed E-state index contributed by atoms with van der Waals surface area (Å²) in [6, 6.07) is 11.1. The smallest absolute Gasteiger partial charge is 0.104 e. The van der Waals surface area contributed by atoms with E-state index in [0.29, 0.717) is 0 Å². The number of nitrogens with zero attached hydrogens (tertiary/aromatic N) is 1. The molecule has 1 rings (SSSR count). The van der Waals surface area contributed by atoms with Gasteiger partial charge in [-0.15, -0.1) is 0 Å². The fourth-order valence-electron chi connectivity index (χ4n) is 3.00. The molecule has 0 aromatic heterocycles. The molecule has 108 valence electrons. The first-order chi connectivity index (χ1) is 9.26. The molecule has 0 unspecified atom stereocenters. The van der Waals surface area contributed by atoms with Crippen LogP contribution in [-0.2, 0) is 6.54 Å². The molecule has 0 heterocycles. The standard InChI is InChI=1S/C18H32N/c1-4-7-15-19(14-6-3,16-8-5-2)17-18-12-10-9-11-13-18/h9-13H,4-8,14-17H2,1-3H3/q+1. The van der Waals surface area contributed by atoms with Gasteiger partial charge in [-0.05, 0) is 19.3 Å². The van der Waals surface area contributed by atoms with Crippen LogP contribution >= 0.6 is 0 Å². The Morgan fingerprint density at radius 1 is 0.737 bits per heavy atom. The first-order valence-electron chi connectivity index (χ1n) is 8.15. The zero-order valence-corrected chi connectivity index (χ0v) is 13.2. The quantitative estimate of drug-likeness (QED) is 0.520. The van der Waals surface area contributed by atoms with E-state index in [1.54, 1.807) is 0 Å². The Balaban J connectivity index is 2.79. The van der Waals surface area contributed by atoms with Gasteiger partial charge in [-0.25, -0.2) is 0 Å². The highest BCUT2D eigenvalue weighted by Crippen LogP contribution is 2.19. The van der Waals surface area contributed by atoms with Gasteiger partial charge in [0, 0.05) is 5.56 Å². The number of quaternary nitrogens is 1. The zero-order chi connectivity index (χ0) is 14.0. The molecule has 0 N–H and O–H groups in total. The van der Waals surface area contributed by atoms with Gasteiger partial charge in [-0.3, -0.25) is 0 Å². The monoisotopic (exact) mass is 262 g/mol. The molecule has 1 heteroatoms. The van der Waals surface area contributed by atoms with Crippen molar-refractivity contribution in [3.05, 3.63) is 35.9 Å². The summed E-state index contributed by atoms with van der Waals surface area (Å²) in [5.74, 6) is 0. The Hall–Kier alpha value is -0.820. The molecule has 0 aliphatic rings. The van der Waals surface area contributed by atoms with Crippen molar-refractivity contribution in [1.29, 1.82) is 0 Å². The topological polar surface area (TPSA) is 0 Å². The highest BCUT2D eigenvalue weighted by Gasteiger charge is 2.25. The average molecular weight is 262 g/mol. The summed E-state index contributed by atoms with van der Waals surface area (Å²) in [6.07, 6.45) is 6.63. The van der Waals surface area contributed by atoms with Crippen LogP contribution in [0.3, 0.4) is 0 Å². The lowest BCUT2D eigenvalue weighted by atomic mass is 10.1. The highest BCUT2D eigenvalue weighted by molar-refractivity contribution is 5.13. The minimum Gasteiger partial charge on any atom is -0.320 e. The summed E-state index contributed by atoms with van der Waals surface area (Å²) < 4.78 is 1.29. The van der Waals surface area contributed by atoms with E-state index in [4.69, 9.17) is 0 Å². The van der Waals surface area contributed by atoms with Crippen molar-refractivity contribution in [2.24, 2.45) is 0 Å². The minimum absolute atomic E-state index is 1.22.